The lowest BCUT2D eigenvalue weighted by Crippen LogP contribution is -2.36. The maximum Gasteiger partial charge on any atom is 0.394 e. The van der Waals surface area contributed by atoms with Crippen LogP contribution < -0.4 is 0 Å². The number of alkyl halides is 3. The molecule has 1 N–H and O–H groups in total. The van der Waals surface area contributed by atoms with Crippen LogP contribution in [-0.2, 0) is 9.59 Å². The van der Waals surface area contributed by atoms with Gasteiger partial charge in [0.05, 0.1) is 11.8 Å². The van der Waals surface area contributed by atoms with Crippen molar-refractivity contribution in [3.05, 3.63) is 0 Å². The smallest absolute Gasteiger partial charge is 0.394 e. The molecule has 0 aromatic heterocycles. The quantitative estimate of drug-likeness (QED) is 0.861. The van der Waals surface area contributed by atoms with E-state index in [-0.39, 0.29) is 30.2 Å². The van der Waals surface area contributed by atoms with Crippen LogP contribution in [-0.4, -0.2) is 41.1 Å². The lowest BCUT2D eigenvalue weighted by molar-refractivity contribution is -0.188. The van der Waals surface area contributed by atoms with Gasteiger partial charge in [0, 0.05) is 19.5 Å². The second kappa shape index (κ2) is 6.32. The summed E-state index contributed by atoms with van der Waals surface area (Å²) >= 11 is 0. The molecule has 2 fully saturated rings. The molecule has 2 aliphatic rings. The molecule has 0 aromatic carbocycles. The number of nitrogens with zero attached hydrogens (tertiary/aromatic N) is 1. The number of carboxylic acid groups (broad SMARTS) is 1. The van der Waals surface area contributed by atoms with Gasteiger partial charge in [0.2, 0.25) is 5.91 Å². The number of likely N-dealkylation sites (tertiary alicyclic amines) is 1. The largest absolute Gasteiger partial charge is 0.481 e. The van der Waals surface area contributed by atoms with E-state index in [2.05, 4.69) is 13.8 Å². The highest BCUT2D eigenvalue weighted by molar-refractivity contribution is 5.79. The van der Waals surface area contributed by atoms with E-state index in [1.165, 1.54) is 0 Å². The zero-order valence-corrected chi connectivity index (χ0v) is 13.5. The van der Waals surface area contributed by atoms with Crippen LogP contribution in [0, 0.1) is 23.2 Å². The van der Waals surface area contributed by atoms with Gasteiger partial charge in [0.15, 0.2) is 0 Å². The van der Waals surface area contributed by atoms with E-state index in [1.807, 2.05) is 0 Å². The predicted octanol–water partition coefficient (Wildman–Crippen LogP) is 3.31. The third-order valence-electron chi connectivity index (χ3n) is 5.56. The summed E-state index contributed by atoms with van der Waals surface area (Å²) in [6.45, 7) is 3.30. The van der Waals surface area contributed by atoms with E-state index in [4.69, 9.17) is 5.11 Å². The summed E-state index contributed by atoms with van der Waals surface area (Å²) in [5.41, 5.74) is 0.00324. The van der Waals surface area contributed by atoms with Crippen LogP contribution >= 0.6 is 0 Å². The predicted molar refractivity (Wildman–Crippen MR) is 77.6 cm³/mol. The molecule has 1 saturated carbocycles. The Kier molecular flexibility index (Phi) is 4.97. The van der Waals surface area contributed by atoms with Crippen LogP contribution in [0.4, 0.5) is 13.2 Å². The lowest BCUT2D eigenvalue weighted by Gasteiger charge is -2.39. The first-order chi connectivity index (χ1) is 10.5. The fraction of sp³-hybridized carbons (Fsp3) is 0.875. The fourth-order valence-electron chi connectivity index (χ4n) is 3.87. The second-order valence-electron chi connectivity index (χ2n) is 7.53. The Hall–Kier alpha value is -1.27. The summed E-state index contributed by atoms with van der Waals surface area (Å²) < 4.78 is 39.0. The maximum absolute atomic E-state index is 13.0. The van der Waals surface area contributed by atoms with E-state index in [1.54, 1.807) is 0 Å². The van der Waals surface area contributed by atoms with Gasteiger partial charge in [-0.25, -0.2) is 0 Å². The molecule has 132 valence electrons. The summed E-state index contributed by atoms with van der Waals surface area (Å²) in [5.74, 6) is -5.21. The molecule has 2 rings (SSSR count). The van der Waals surface area contributed by atoms with Crippen molar-refractivity contribution in [2.45, 2.75) is 52.1 Å². The van der Waals surface area contributed by atoms with Crippen molar-refractivity contribution in [2.24, 2.45) is 23.2 Å². The third-order valence-corrected chi connectivity index (χ3v) is 5.56. The van der Waals surface area contributed by atoms with Crippen LogP contribution in [0.25, 0.3) is 0 Å². The van der Waals surface area contributed by atoms with E-state index in [0.29, 0.717) is 0 Å². The van der Waals surface area contributed by atoms with Gasteiger partial charge < -0.3 is 10.0 Å². The standard InChI is InChI=1S/C16H24F3NO3/c1-15(2)6-4-3-5-10(15)7-13(21)20-8-11(14(22)23)12(9-20)16(17,18)19/h10-12H,3-9H2,1-2H3,(H,22,23)/t10?,11-,12-/m1/s1. The average molecular weight is 335 g/mol. The molecular weight excluding hydrogens is 311 g/mol. The molecule has 0 aromatic rings. The van der Waals surface area contributed by atoms with Crippen LogP contribution in [0.3, 0.4) is 0 Å². The SMILES string of the molecule is CC1(C)CCCCC1CC(=O)N1C[C@@H](C(F)(F)F)[C@H](C(=O)O)C1. The molecule has 7 heteroatoms. The molecule has 23 heavy (non-hydrogen) atoms. The number of carbonyl (C=O) groups is 2. The molecule has 0 spiro atoms. The Balaban J connectivity index is 2.04. The first-order valence-corrected chi connectivity index (χ1v) is 8.09. The van der Waals surface area contributed by atoms with Gasteiger partial charge in [-0.2, -0.15) is 13.2 Å². The monoisotopic (exact) mass is 335 g/mol. The molecule has 1 amide bonds. The fourth-order valence-corrected chi connectivity index (χ4v) is 3.87. The van der Waals surface area contributed by atoms with Crippen LogP contribution in [0.5, 0.6) is 0 Å². The first-order valence-electron chi connectivity index (χ1n) is 8.09. The molecule has 1 heterocycles. The molecule has 0 radical (unpaired) electrons. The minimum atomic E-state index is -4.60. The molecule has 1 aliphatic carbocycles. The van der Waals surface area contributed by atoms with Crippen LogP contribution in [0.1, 0.15) is 46.0 Å². The zero-order chi connectivity index (χ0) is 17.4. The number of carbonyl (C=O) groups excluding carboxylic acids is 1. The van der Waals surface area contributed by atoms with Gasteiger partial charge in [0.25, 0.3) is 0 Å². The number of amides is 1. The Morgan fingerprint density at radius 1 is 1.22 bits per heavy atom. The van der Waals surface area contributed by atoms with E-state index >= 15 is 0 Å². The summed E-state index contributed by atoms with van der Waals surface area (Å²) in [5, 5.41) is 9.01. The Bertz CT molecular complexity index is 476. The van der Waals surface area contributed by atoms with Crippen molar-refractivity contribution in [1.82, 2.24) is 4.90 Å². The van der Waals surface area contributed by atoms with Gasteiger partial charge in [0.1, 0.15) is 0 Å². The molecule has 3 atom stereocenters. The highest BCUT2D eigenvalue weighted by Gasteiger charge is 2.53. The molecule has 0 bridgehead atoms. The van der Waals surface area contributed by atoms with Crippen LogP contribution in [0.2, 0.25) is 0 Å². The van der Waals surface area contributed by atoms with E-state index in [0.717, 1.165) is 30.6 Å². The summed E-state index contributed by atoms with van der Waals surface area (Å²) in [7, 11) is 0. The number of aliphatic carboxylic acids is 1. The topological polar surface area (TPSA) is 57.6 Å². The number of halogens is 3. The molecule has 1 aliphatic heterocycles. The molecule has 4 nitrogen and oxygen atoms in total. The van der Waals surface area contributed by atoms with Gasteiger partial charge in [-0.3, -0.25) is 9.59 Å². The van der Waals surface area contributed by atoms with Gasteiger partial charge in [-0.1, -0.05) is 26.7 Å². The lowest BCUT2D eigenvalue weighted by atomic mass is 9.67. The minimum absolute atomic E-state index is 0.00324. The van der Waals surface area contributed by atoms with Crippen molar-refractivity contribution in [2.75, 3.05) is 13.1 Å². The molecule has 1 saturated heterocycles. The van der Waals surface area contributed by atoms with Gasteiger partial charge in [-0.15, -0.1) is 0 Å². The highest BCUT2D eigenvalue weighted by Crippen LogP contribution is 2.43. The number of rotatable bonds is 3. The van der Waals surface area contributed by atoms with Crippen molar-refractivity contribution >= 4 is 11.9 Å². The first kappa shape index (κ1) is 18.1. The maximum atomic E-state index is 13.0. The third kappa shape index (κ3) is 3.98. The average Bonchev–Trinajstić information content (AvgIpc) is 2.86. The number of hydrogen-bond acceptors (Lipinski definition) is 2. The van der Waals surface area contributed by atoms with E-state index in [9.17, 15) is 22.8 Å². The van der Waals surface area contributed by atoms with Gasteiger partial charge >= 0.3 is 12.1 Å². The van der Waals surface area contributed by atoms with Crippen LogP contribution in [0.15, 0.2) is 0 Å². The number of carboxylic acids is 1. The van der Waals surface area contributed by atoms with E-state index < -0.39 is 30.5 Å². The Morgan fingerprint density at radius 3 is 2.35 bits per heavy atom. The highest BCUT2D eigenvalue weighted by atomic mass is 19.4. The molecule has 1 unspecified atom stereocenters. The minimum Gasteiger partial charge on any atom is -0.481 e. The zero-order valence-electron chi connectivity index (χ0n) is 13.5. The Labute approximate surface area is 134 Å². The second-order valence-corrected chi connectivity index (χ2v) is 7.53. The van der Waals surface area contributed by atoms with Crippen molar-refractivity contribution in [3.63, 3.8) is 0 Å². The summed E-state index contributed by atoms with van der Waals surface area (Å²) in [6.07, 6.45) is -0.333. The summed E-state index contributed by atoms with van der Waals surface area (Å²) in [4.78, 5) is 24.6. The van der Waals surface area contributed by atoms with Gasteiger partial charge in [-0.05, 0) is 24.2 Å². The van der Waals surface area contributed by atoms with Crippen molar-refractivity contribution in [1.29, 1.82) is 0 Å². The Morgan fingerprint density at radius 2 is 1.87 bits per heavy atom. The molecular formula is C16H24F3NO3. The van der Waals surface area contributed by atoms with Crippen molar-refractivity contribution < 1.29 is 27.9 Å². The summed E-state index contributed by atoms with van der Waals surface area (Å²) in [6, 6.07) is 0. The normalized spacial score (nSPS) is 31.2. The van der Waals surface area contributed by atoms with Crippen molar-refractivity contribution in [3.8, 4) is 0 Å². The number of hydrogen-bond donors (Lipinski definition) is 1.